The summed E-state index contributed by atoms with van der Waals surface area (Å²) in [6.45, 7) is 4.93. The molecule has 6 nitrogen and oxygen atoms in total. The van der Waals surface area contributed by atoms with E-state index in [9.17, 15) is 4.79 Å². The third-order valence-corrected chi connectivity index (χ3v) is 4.31. The summed E-state index contributed by atoms with van der Waals surface area (Å²) >= 11 is 0. The van der Waals surface area contributed by atoms with Gasteiger partial charge >= 0.3 is 0 Å². The van der Waals surface area contributed by atoms with Gasteiger partial charge in [0.25, 0.3) is 5.91 Å². The van der Waals surface area contributed by atoms with Crippen molar-refractivity contribution >= 4 is 17.5 Å². The molecule has 0 radical (unpaired) electrons. The minimum absolute atomic E-state index is 0.125. The molecule has 0 aliphatic heterocycles. The summed E-state index contributed by atoms with van der Waals surface area (Å²) in [5.41, 5.74) is 2.90. The van der Waals surface area contributed by atoms with Crippen LogP contribution in [-0.2, 0) is 6.54 Å². The van der Waals surface area contributed by atoms with Crippen LogP contribution in [-0.4, -0.2) is 34.4 Å². The highest BCUT2D eigenvalue weighted by Gasteiger charge is 2.18. The topological polar surface area (TPSA) is 67.4 Å². The molecule has 1 amide bonds. The van der Waals surface area contributed by atoms with Gasteiger partial charge in [-0.15, -0.1) is 0 Å². The Labute approximate surface area is 165 Å². The first kappa shape index (κ1) is 19.4. The Morgan fingerprint density at radius 1 is 1.07 bits per heavy atom. The third-order valence-electron chi connectivity index (χ3n) is 4.31. The van der Waals surface area contributed by atoms with Crippen molar-refractivity contribution in [2.24, 2.45) is 0 Å². The Morgan fingerprint density at radius 2 is 1.79 bits per heavy atom. The molecule has 6 heteroatoms. The van der Waals surface area contributed by atoms with Crippen LogP contribution in [0.4, 0.5) is 11.6 Å². The minimum Gasteiger partial charge on any atom is -0.495 e. The highest BCUT2D eigenvalue weighted by atomic mass is 16.5. The van der Waals surface area contributed by atoms with Crippen LogP contribution in [0.15, 0.2) is 60.7 Å². The van der Waals surface area contributed by atoms with Crippen LogP contribution < -0.4 is 10.1 Å². The van der Waals surface area contributed by atoms with Gasteiger partial charge in [-0.2, -0.15) is 0 Å². The number of para-hydroxylation sites is 2. The lowest BCUT2D eigenvalue weighted by Crippen LogP contribution is -2.31. The molecule has 0 fully saturated rings. The van der Waals surface area contributed by atoms with Gasteiger partial charge in [-0.25, -0.2) is 9.97 Å². The second-order valence-electron chi connectivity index (χ2n) is 6.35. The van der Waals surface area contributed by atoms with E-state index in [2.05, 4.69) is 15.3 Å². The van der Waals surface area contributed by atoms with Crippen LogP contribution >= 0.6 is 0 Å². The molecule has 1 aromatic heterocycles. The number of methoxy groups -OCH3 is 1. The highest BCUT2D eigenvalue weighted by molar-refractivity contribution is 5.92. The minimum atomic E-state index is -0.125. The van der Waals surface area contributed by atoms with Crippen LogP contribution in [0.3, 0.4) is 0 Å². The molecule has 0 aliphatic rings. The highest BCUT2D eigenvalue weighted by Crippen LogP contribution is 2.25. The number of aromatic nitrogens is 2. The van der Waals surface area contributed by atoms with Crippen molar-refractivity contribution in [2.45, 2.75) is 20.4 Å². The molecule has 28 heavy (non-hydrogen) atoms. The summed E-state index contributed by atoms with van der Waals surface area (Å²) in [5, 5.41) is 3.15. The maximum Gasteiger partial charge on any atom is 0.272 e. The molecule has 0 saturated carbocycles. The molecule has 0 saturated heterocycles. The lowest BCUT2D eigenvalue weighted by Gasteiger charge is -2.21. The quantitative estimate of drug-likeness (QED) is 0.669. The molecule has 0 spiro atoms. The predicted molar refractivity (Wildman–Crippen MR) is 110 cm³/mol. The summed E-state index contributed by atoms with van der Waals surface area (Å²) in [6, 6.07) is 19.1. The molecule has 0 aliphatic carbocycles. The molecule has 144 valence electrons. The smallest absolute Gasteiger partial charge is 0.272 e. The number of aryl methyl sites for hydroxylation is 1. The van der Waals surface area contributed by atoms with Gasteiger partial charge in [-0.05, 0) is 37.6 Å². The molecular weight excluding hydrogens is 352 g/mol. The van der Waals surface area contributed by atoms with E-state index in [1.54, 1.807) is 18.1 Å². The number of nitrogens with one attached hydrogen (secondary N) is 1. The van der Waals surface area contributed by atoms with Crippen LogP contribution in [0.1, 0.15) is 28.7 Å². The van der Waals surface area contributed by atoms with Crippen LogP contribution in [0.2, 0.25) is 0 Å². The zero-order chi connectivity index (χ0) is 19.9. The number of amides is 1. The average Bonchev–Trinajstić information content (AvgIpc) is 2.72. The fraction of sp³-hybridized carbons (Fsp3) is 0.227. The summed E-state index contributed by atoms with van der Waals surface area (Å²) < 4.78 is 5.35. The standard InChI is InChI=1S/C22H24N4O2/c1-4-26(15-17-10-6-5-7-11-17)21(27)19-14-16(2)23-22(25-19)24-18-12-8-9-13-20(18)28-3/h5-14H,4,15H2,1-3H3,(H,23,24,25). The van der Waals surface area contributed by atoms with Gasteiger partial charge in [-0.1, -0.05) is 42.5 Å². The van der Waals surface area contributed by atoms with E-state index in [-0.39, 0.29) is 5.91 Å². The lowest BCUT2D eigenvalue weighted by molar-refractivity contribution is 0.0746. The van der Waals surface area contributed by atoms with Gasteiger partial charge in [0, 0.05) is 18.8 Å². The first-order valence-electron chi connectivity index (χ1n) is 9.19. The molecule has 3 rings (SSSR count). The normalized spacial score (nSPS) is 10.4. The van der Waals surface area contributed by atoms with Gasteiger partial charge in [0.1, 0.15) is 11.4 Å². The Bertz CT molecular complexity index is 944. The van der Waals surface area contributed by atoms with Gasteiger partial charge in [0.2, 0.25) is 5.95 Å². The largest absolute Gasteiger partial charge is 0.495 e. The fourth-order valence-corrected chi connectivity index (χ4v) is 2.90. The summed E-state index contributed by atoms with van der Waals surface area (Å²) in [4.78, 5) is 23.7. The van der Waals surface area contributed by atoms with Gasteiger partial charge < -0.3 is 15.0 Å². The van der Waals surface area contributed by atoms with Crippen molar-refractivity contribution in [1.82, 2.24) is 14.9 Å². The van der Waals surface area contributed by atoms with E-state index in [1.165, 1.54) is 0 Å². The maximum atomic E-state index is 13.0. The summed E-state index contributed by atoms with van der Waals surface area (Å²) in [6.07, 6.45) is 0. The monoisotopic (exact) mass is 376 g/mol. The number of hydrogen-bond acceptors (Lipinski definition) is 5. The van der Waals surface area contributed by atoms with Crippen molar-refractivity contribution in [3.05, 3.63) is 77.6 Å². The Balaban J connectivity index is 1.84. The van der Waals surface area contributed by atoms with Crippen LogP contribution in [0.5, 0.6) is 5.75 Å². The van der Waals surface area contributed by atoms with Crippen molar-refractivity contribution < 1.29 is 9.53 Å². The fourth-order valence-electron chi connectivity index (χ4n) is 2.90. The number of hydrogen-bond donors (Lipinski definition) is 1. The Hall–Kier alpha value is -3.41. The molecule has 3 aromatic rings. The van der Waals surface area contributed by atoms with Gasteiger partial charge in [0.05, 0.1) is 12.8 Å². The Kier molecular flexibility index (Phi) is 6.22. The average molecular weight is 376 g/mol. The number of carbonyl (C=O) groups is 1. The first-order chi connectivity index (χ1) is 13.6. The lowest BCUT2D eigenvalue weighted by atomic mass is 10.2. The number of anilines is 2. The van der Waals surface area contributed by atoms with Crippen molar-refractivity contribution in [2.75, 3.05) is 19.0 Å². The Morgan fingerprint density at radius 3 is 2.50 bits per heavy atom. The molecular formula is C22H24N4O2. The second-order valence-corrected chi connectivity index (χ2v) is 6.35. The second kappa shape index (κ2) is 8.99. The summed E-state index contributed by atoms with van der Waals surface area (Å²) in [7, 11) is 1.61. The molecule has 1 heterocycles. The number of benzene rings is 2. The SMILES string of the molecule is CCN(Cc1ccccc1)C(=O)c1cc(C)nc(Nc2ccccc2OC)n1. The van der Waals surface area contributed by atoms with Crippen LogP contribution in [0.25, 0.3) is 0 Å². The van der Waals surface area contributed by atoms with Crippen molar-refractivity contribution in [1.29, 1.82) is 0 Å². The van der Waals surface area contributed by atoms with E-state index in [1.807, 2.05) is 68.4 Å². The van der Waals surface area contributed by atoms with Crippen molar-refractivity contribution in [3.63, 3.8) is 0 Å². The van der Waals surface area contributed by atoms with E-state index >= 15 is 0 Å². The third kappa shape index (κ3) is 4.65. The number of carbonyl (C=O) groups excluding carboxylic acids is 1. The summed E-state index contributed by atoms with van der Waals surface area (Å²) in [5.74, 6) is 0.920. The van der Waals surface area contributed by atoms with E-state index < -0.39 is 0 Å². The molecule has 1 N–H and O–H groups in total. The number of nitrogens with zero attached hydrogens (tertiary/aromatic N) is 3. The molecule has 0 atom stereocenters. The molecule has 0 unspecified atom stereocenters. The van der Waals surface area contributed by atoms with E-state index in [4.69, 9.17) is 4.74 Å². The van der Waals surface area contributed by atoms with Gasteiger partial charge in [0.15, 0.2) is 0 Å². The molecule has 2 aromatic carbocycles. The van der Waals surface area contributed by atoms with Crippen molar-refractivity contribution in [3.8, 4) is 5.75 Å². The zero-order valence-corrected chi connectivity index (χ0v) is 16.3. The first-order valence-corrected chi connectivity index (χ1v) is 9.19. The predicted octanol–water partition coefficient (Wildman–Crippen LogP) is 4.20. The van der Waals surface area contributed by atoms with Gasteiger partial charge in [-0.3, -0.25) is 4.79 Å². The van der Waals surface area contributed by atoms with E-state index in [0.717, 1.165) is 11.3 Å². The van der Waals surface area contributed by atoms with E-state index in [0.29, 0.717) is 36.2 Å². The zero-order valence-electron chi connectivity index (χ0n) is 16.3. The van der Waals surface area contributed by atoms with Crippen LogP contribution in [0, 0.1) is 6.92 Å². The maximum absolute atomic E-state index is 13.0. The number of rotatable bonds is 7. The molecule has 0 bridgehead atoms. The number of ether oxygens (including phenoxy) is 1.